The van der Waals surface area contributed by atoms with Crippen molar-refractivity contribution in [3.05, 3.63) is 29.8 Å². The Morgan fingerprint density at radius 1 is 1.33 bits per heavy atom. The highest BCUT2D eigenvalue weighted by Gasteiger charge is 2.77. The lowest BCUT2D eigenvalue weighted by Crippen LogP contribution is -2.72. The zero-order valence-electron chi connectivity index (χ0n) is 16.2. The van der Waals surface area contributed by atoms with Gasteiger partial charge < -0.3 is 14.7 Å². The third-order valence-electron chi connectivity index (χ3n) is 8.72. The largest absolute Gasteiger partial charge is 0.461 e. The fraction of sp³-hybridized carbons (Fsp3) is 0.682. The first-order valence-corrected chi connectivity index (χ1v) is 10.5. The van der Waals surface area contributed by atoms with Crippen LogP contribution < -0.4 is 4.90 Å². The molecule has 27 heavy (non-hydrogen) atoms. The maximum Gasteiger partial charge on any atom is 0.302 e. The minimum Gasteiger partial charge on any atom is -0.461 e. The van der Waals surface area contributed by atoms with Gasteiger partial charge in [-0.2, -0.15) is 0 Å². The van der Waals surface area contributed by atoms with Crippen LogP contribution in [0.25, 0.3) is 0 Å². The molecule has 10 atom stereocenters. The summed E-state index contributed by atoms with van der Waals surface area (Å²) in [6.07, 6.45) is 2.64. The molecule has 1 aliphatic carbocycles. The lowest BCUT2D eigenvalue weighted by Gasteiger charge is -2.62. The van der Waals surface area contributed by atoms with Gasteiger partial charge in [-0.1, -0.05) is 25.1 Å². The summed E-state index contributed by atoms with van der Waals surface area (Å²) in [5.74, 6) is 0.897. The van der Waals surface area contributed by atoms with Crippen LogP contribution in [0, 0.1) is 17.8 Å². The van der Waals surface area contributed by atoms with Crippen molar-refractivity contribution in [2.24, 2.45) is 17.8 Å². The van der Waals surface area contributed by atoms with Crippen LogP contribution in [0.4, 0.5) is 5.69 Å². The van der Waals surface area contributed by atoms with E-state index in [1.165, 1.54) is 11.3 Å². The SMILES string of the molecule is CC[C@H]1[C@@H]2C[C@H]3C4N(C)c5ccccc5[C@]45C[C@@H](C2[C@H]5OC(C)=O)N3[C@@H]1O. The Labute approximate surface area is 160 Å². The van der Waals surface area contributed by atoms with E-state index in [9.17, 15) is 9.90 Å². The first-order valence-electron chi connectivity index (χ1n) is 10.5. The summed E-state index contributed by atoms with van der Waals surface area (Å²) in [6.45, 7) is 3.74. The van der Waals surface area contributed by atoms with Crippen LogP contribution in [0.5, 0.6) is 0 Å². The van der Waals surface area contributed by atoms with Crippen molar-refractivity contribution in [3.63, 3.8) is 0 Å². The smallest absolute Gasteiger partial charge is 0.302 e. The van der Waals surface area contributed by atoms with Gasteiger partial charge in [-0.3, -0.25) is 9.69 Å². The summed E-state index contributed by atoms with van der Waals surface area (Å²) < 4.78 is 6.17. The highest BCUT2D eigenvalue weighted by molar-refractivity contribution is 5.70. The molecule has 0 amide bonds. The quantitative estimate of drug-likeness (QED) is 0.811. The number of anilines is 1. The molecule has 0 radical (unpaired) electrons. The molecule has 4 saturated heterocycles. The van der Waals surface area contributed by atoms with Crippen LogP contribution in [-0.2, 0) is 14.9 Å². The number of rotatable bonds is 2. The molecule has 5 bridgehead atoms. The van der Waals surface area contributed by atoms with Gasteiger partial charge in [0.25, 0.3) is 0 Å². The van der Waals surface area contributed by atoms with Crippen molar-refractivity contribution in [2.45, 2.75) is 69.0 Å². The number of aliphatic hydroxyl groups is 1. The number of ether oxygens (including phenoxy) is 1. The van der Waals surface area contributed by atoms with E-state index >= 15 is 0 Å². The average Bonchev–Trinajstić information content (AvgIpc) is 3.04. The molecule has 5 aliphatic heterocycles. The molecular weight excluding hydrogens is 340 g/mol. The van der Waals surface area contributed by atoms with Gasteiger partial charge in [0.1, 0.15) is 12.3 Å². The van der Waals surface area contributed by atoms with Crippen LogP contribution in [0.2, 0.25) is 0 Å². The minimum absolute atomic E-state index is 0.0855. The third kappa shape index (κ3) is 1.64. The Morgan fingerprint density at radius 3 is 2.85 bits per heavy atom. The Morgan fingerprint density at radius 2 is 2.11 bits per heavy atom. The van der Waals surface area contributed by atoms with Crippen molar-refractivity contribution in [2.75, 3.05) is 11.9 Å². The molecule has 144 valence electrons. The maximum absolute atomic E-state index is 12.2. The molecule has 1 N–H and O–H groups in total. The summed E-state index contributed by atoms with van der Waals surface area (Å²) in [5.41, 5.74) is 2.49. The molecule has 5 heterocycles. The molecule has 7 rings (SSSR count). The molecule has 5 heteroatoms. The number of hydrogen-bond acceptors (Lipinski definition) is 5. The Balaban J connectivity index is 1.60. The molecule has 1 spiro atoms. The first kappa shape index (κ1) is 16.4. The van der Waals surface area contributed by atoms with Crippen LogP contribution >= 0.6 is 0 Å². The molecule has 1 aromatic carbocycles. The van der Waals surface area contributed by atoms with Gasteiger partial charge in [0.2, 0.25) is 0 Å². The predicted molar refractivity (Wildman–Crippen MR) is 101 cm³/mol. The number of carbonyl (C=O) groups is 1. The topological polar surface area (TPSA) is 53.0 Å². The van der Waals surface area contributed by atoms with Gasteiger partial charge in [-0.05, 0) is 36.8 Å². The van der Waals surface area contributed by atoms with Crippen LogP contribution in [0.3, 0.4) is 0 Å². The van der Waals surface area contributed by atoms with Gasteiger partial charge in [0, 0.05) is 43.6 Å². The summed E-state index contributed by atoms with van der Waals surface area (Å²) in [6, 6.07) is 9.60. The normalized spacial score (nSPS) is 50.7. The standard InChI is InChI=1S/C22H28N2O3/c1-4-12-13-9-16-19-22(14-7-5-6-8-15(14)23(19)3)10-17(24(16)21(12)26)18(13)20(22)27-11(2)25/h5-8,12-13,16-21,26H,4,9-10H2,1-3H3/t12-,13-,16-,17-,18?,19?,20+,21+,22+/m0/s1. The molecular formula is C22H28N2O3. The number of esters is 1. The van der Waals surface area contributed by atoms with E-state index in [0.717, 1.165) is 19.3 Å². The number of aliphatic hydroxyl groups excluding tert-OH is 1. The number of benzene rings is 1. The Bertz CT molecular complexity index is 828. The van der Waals surface area contributed by atoms with Gasteiger partial charge in [-0.15, -0.1) is 0 Å². The van der Waals surface area contributed by atoms with E-state index in [1.54, 1.807) is 6.92 Å². The molecule has 1 saturated carbocycles. The maximum atomic E-state index is 12.2. The lowest BCUT2D eigenvalue weighted by molar-refractivity contribution is -0.212. The zero-order valence-corrected chi connectivity index (χ0v) is 16.2. The summed E-state index contributed by atoms with van der Waals surface area (Å²) >= 11 is 0. The summed E-state index contributed by atoms with van der Waals surface area (Å²) in [7, 11) is 2.19. The molecule has 6 aliphatic rings. The number of piperidine rings is 4. The first-order chi connectivity index (χ1) is 13.0. The van der Waals surface area contributed by atoms with E-state index in [-0.39, 0.29) is 35.7 Å². The van der Waals surface area contributed by atoms with Gasteiger partial charge >= 0.3 is 5.97 Å². The number of likely N-dealkylation sites (N-methyl/N-ethyl adjacent to an activating group) is 1. The highest BCUT2D eigenvalue weighted by atomic mass is 16.5. The summed E-state index contributed by atoms with van der Waals surface area (Å²) in [5, 5.41) is 11.2. The van der Waals surface area contributed by atoms with Gasteiger partial charge in [0.05, 0.1) is 11.5 Å². The van der Waals surface area contributed by atoms with Crippen LogP contribution in [0.15, 0.2) is 24.3 Å². The number of nitrogens with zero attached hydrogens (tertiary/aromatic N) is 2. The number of fused-ring (bicyclic) bond motifs is 2. The van der Waals surface area contributed by atoms with Gasteiger partial charge in [0.15, 0.2) is 0 Å². The second-order valence-electron chi connectivity index (χ2n) is 9.39. The van der Waals surface area contributed by atoms with Crippen molar-refractivity contribution in [1.82, 2.24) is 4.90 Å². The van der Waals surface area contributed by atoms with Crippen molar-refractivity contribution < 1.29 is 14.6 Å². The highest BCUT2D eigenvalue weighted by Crippen LogP contribution is 2.69. The Hall–Kier alpha value is -1.59. The average molecular weight is 368 g/mol. The Kier molecular flexibility index (Phi) is 3.07. The van der Waals surface area contributed by atoms with E-state index in [1.807, 2.05) is 0 Å². The fourth-order valence-corrected chi connectivity index (χ4v) is 8.21. The molecule has 5 nitrogen and oxygen atoms in total. The molecule has 3 unspecified atom stereocenters. The molecule has 1 aromatic rings. The number of hydrogen-bond donors (Lipinski definition) is 1. The van der Waals surface area contributed by atoms with Crippen molar-refractivity contribution >= 4 is 11.7 Å². The second-order valence-corrected chi connectivity index (χ2v) is 9.39. The predicted octanol–water partition coefficient (Wildman–Crippen LogP) is 2.13. The fourth-order valence-electron chi connectivity index (χ4n) is 8.21. The van der Waals surface area contributed by atoms with E-state index < -0.39 is 0 Å². The van der Waals surface area contributed by atoms with Crippen molar-refractivity contribution in [3.8, 4) is 0 Å². The molecule has 5 fully saturated rings. The van der Waals surface area contributed by atoms with Crippen LogP contribution in [0.1, 0.15) is 38.7 Å². The van der Waals surface area contributed by atoms with Crippen LogP contribution in [-0.4, -0.2) is 53.5 Å². The second kappa shape index (κ2) is 5.06. The number of carbonyl (C=O) groups excluding carboxylic acids is 1. The van der Waals surface area contributed by atoms with E-state index in [2.05, 4.69) is 48.0 Å². The van der Waals surface area contributed by atoms with Crippen molar-refractivity contribution in [1.29, 1.82) is 0 Å². The zero-order chi connectivity index (χ0) is 18.7. The number of para-hydroxylation sites is 1. The molecule has 0 aromatic heterocycles. The van der Waals surface area contributed by atoms with E-state index in [4.69, 9.17) is 4.74 Å². The minimum atomic E-state index is -0.355. The summed E-state index contributed by atoms with van der Waals surface area (Å²) in [4.78, 5) is 17.0. The third-order valence-corrected chi connectivity index (χ3v) is 8.72. The monoisotopic (exact) mass is 368 g/mol. The van der Waals surface area contributed by atoms with E-state index in [0.29, 0.717) is 23.9 Å². The van der Waals surface area contributed by atoms with Gasteiger partial charge in [-0.25, -0.2) is 0 Å². The lowest BCUT2D eigenvalue weighted by atomic mass is 9.62.